The molecule has 2 N–H and O–H groups in total. The van der Waals surface area contributed by atoms with E-state index in [0.29, 0.717) is 47.6 Å². The van der Waals surface area contributed by atoms with Gasteiger partial charge in [0.05, 0.1) is 5.56 Å². The minimum atomic E-state index is -0.226. The van der Waals surface area contributed by atoms with E-state index in [9.17, 15) is 9.59 Å². The summed E-state index contributed by atoms with van der Waals surface area (Å²) in [7, 11) is 0. The molecule has 0 spiro atoms. The Kier molecular flexibility index (Phi) is 5.02. The molecule has 2 amide bonds. The standard InChI is InChI=1S/C22H22N2O4/c1-14-21(22(26)24-16-9-10-23-20(25)11-16)18-12-17(7-8-19(18)28-14)27-13-15-5-3-2-4-6-15/h2-8,12,16H,9-11,13H2,1H3,(H,23,25)(H,24,26). The lowest BCUT2D eigenvalue weighted by Gasteiger charge is -2.23. The number of piperidine rings is 1. The number of rotatable bonds is 5. The molecule has 1 atom stereocenters. The van der Waals surface area contributed by atoms with Gasteiger partial charge in [-0.25, -0.2) is 0 Å². The van der Waals surface area contributed by atoms with Gasteiger partial charge in [-0.15, -0.1) is 0 Å². The van der Waals surface area contributed by atoms with Crippen LogP contribution in [0.25, 0.3) is 11.0 Å². The highest BCUT2D eigenvalue weighted by Gasteiger charge is 2.24. The Morgan fingerprint density at radius 2 is 2.07 bits per heavy atom. The molecule has 6 nitrogen and oxygen atoms in total. The van der Waals surface area contributed by atoms with Gasteiger partial charge in [-0.2, -0.15) is 0 Å². The molecule has 4 rings (SSSR count). The fraction of sp³-hybridized carbons (Fsp3) is 0.273. The summed E-state index contributed by atoms with van der Waals surface area (Å²) in [5.41, 5.74) is 2.20. The van der Waals surface area contributed by atoms with Crippen LogP contribution in [0.15, 0.2) is 52.9 Å². The first kappa shape index (κ1) is 18.1. The molecule has 6 heteroatoms. The summed E-state index contributed by atoms with van der Waals surface area (Å²) < 4.78 is 11.6. The van der Waals surface area contributed by atoms with Crippen molar-refractivity contribution < 1.29 is 18.7 Å². The normalized spacial score (nSPS) is 16.6. The quantitative estimate of drug-likeness (QED) is 0.714. The number of nitrogens with one attached hydrogen (secondary N) is 2. The van der Waals surface area contributed by atoms with E-state index in [1.54, 1.807) is 6.92 Å². The van der Waals surface area contributed by atoms with Crippen molar-refractivity contribution in [2.45, 2.75) is 32.4 Å². The van der Waals surface area contributed by atoms with E-state index in [0.717, 1.165) is 12.0 Å². The van der Waals surface area contributed by atoms with Gasteiger partial charge < -0.3 is 19.8 Å². The summed E-state index contributed by atoms with van der Waals surface area (Å²) in [6.45, 7) is 2.79. The Balaban J connectivity index is 1.54. The molecule has 1 aliphatic heterocycles. The number of furan rings is 1. The Bertz CT molecular complexity index is 1010. The average molecular weight is 378 g/mol. The predicted molar refractivity (Wildman–Crippen MR) is 105 cm³/mol. The zero-order valence-corrected chi connectivity index (χ0v) is 15.7. The summed E-state index contributed by atoms with van der Waals surface area (Å²) >= 11 is 0. The van der Waals surface area contributed by atoms with Crippen molar-refractivity contribution in [3.05, 3.63) is 65.4 Å². The highest BCUT2D eigenvalue weighted by atomic mass is 16.5. The molecule has 0 radical (unpaired) electrons. The largest absolute Gasteiger partial charge is 0.489 e. The lowest BCUT2D eigenvalue weighted by atomic mass is 10.0. The predicted octanol–water partition coefficient (Wildman–Crippen LogP) is 3.33. The molecule has 28 heavy (non-hydrogen) atoms. The van der Waals surface area contributed by atoms with Crippen LogP contribution in [0.1, 0.15) is 34.5 Å². The minimum absolute atomic E-state index is 0.0399. The lowest BCUT2D eigenvalue weighted by molar-refractivity contribution is -0.122. The molecule has 0 bridgehead atoms. The number of carbonyl (C=O) groups excluding carboxylic acids is 2. The van der Waals surface area contributed by atoms with E-state index >= 15 is 0 Å². The van der Waals surface area contributed by atoms with Crippen molar-refractivity contribution in [2.75, 3.05) is 6.54 Å². The Labute approximate surface area is 162 Å². The van der Waals surface area contributed by atoms with Crippen LogP contribution in [0.4, 0.5) is 0 Å². The molecule has 2 aromatic carbocycles. The molecule has 1 saturated heterocycles. The van der Waals surface area contributed by atoms with Crippen molar-refractivity contribution in [3.63, 3.8) is 0 Å². The van der Waals surface area contributed by atoms with E-state index in [4.69, 9.17) is 9.15 Å². The molecule has 1 aromatic heterocycles. The second kappa shape index (κ2) is 7.76. The topological polar surface area (TPSA) is 80.6 Å². The molecule has 2 heterocycles. The van der Waals surface area contributed by atoms with Gasteiger partial charge in [-0.3, -0.25) is 9.59 Å². The SMILES string of the molecule is Cc1oc2ccc(OCc3ccccc3)cc2c1C(=O)NC1CCNC(=O)C1. The van der Waals surface area contributed by atoms with Gasteiger partial charge in [0.2, 0.25) is 5.91 Å². The molecular formula is C22H22N2O4. The number of aryl methyl sites for hydroxylation is 1. The van der Waals surface area contributed by atoms with Crippen LogP contribution in [0.2, 0.25) is 0 Å². The third-order valence-electron chi connectivity index (χ3n) is 4.89. The third-order valence-corrected chi connectivity index (χ3v) is 4.89. The highest BCUT2D eigenvalue weighted by molar-refractivity contribution is 6.07. The summed E-state index contributed by atoms with van der Waals surface area (Å²) in [5.74, 6) is 0.953. The first-order chi connectivity index (χ1) is 13.6. The van der Waals surface area contributed by atoms with Crippen molar-refractivity contribution >= 4 is 22.8 Å². The van der Waals surface area contributed by atoms with Crippen molar-refractivity contribution in [2.24, 2.45) is 0 Å². The minimum Gasteiger partial charge on any atom is -0.489 e. The van der Waals surface area contributed by atoms with Crippen LogP contribution in [-0.4, -0.2) is 24.4 Å². The van der Waals surface area contributed by atoms with Crippen molar-refractivity contribution in [1.29, 1.82) is 0 Å². The number of amides is 2. The first-order valence-electron chi connectivity index (χ1n) is 9.37. The van der Waals surface area contributed by atoms with Gasteiger partial charge in [-0.1, -0.05) is 30.3 Å². The summed E-state index contributed by atoms with van der Waals surface area (Å²) in [6, 6.07) is 15.2. The molecule has 3 aromatic rings. The van der Waals surface area contributed by atoms with Gasteiger partial charge >= 0.3 is 0 Å². The second-order valence-electron chi connectivity index (χ2n) is 6.98. The van der Waals surface area contributed by atoms with E-state index < -0.39 is 0 Å². The van der Waals surface area contributed by atoms with E-state index in [1.165, 1.54) is 0 Å². The molecule has 1 unspecified atom stereocenters. The summed E-state index contributed by atoms with van der Waals surface area (Å²) in [4.78, 5) is 24.4. The molecule has 0 aliphatic carbocycles. The van der Waals surface area contributed by atoms with Crippen LogP contribution in [0.3, 0.4) is 0 Å². The molecule has 1 fully saturated rings. The lowest BCUT2D eigenvalue weighted by Crippen LogP contribution is -2.45. The van der Waals surface area contributed by atoms with Gasteiger partial charge in [0.25, 0.3) is 5.91 Å². The monoisotopic (exact) mass is 378 g/mol. The fourth-order valence-electron chi connectivity index (χ4n) is 3.48. The number of benzene rings is 2. The molecular weight excluding hydrogens is 356 g/mol. The Hall–Kier alpha value is -3.28. The Morgan fingerprint density at radius 1 is 1.25 bits per heavy atom. The van der Waals surface area contributed by atoms with Gasteiger partial charge in [0, 0.05) is 24.4 Å². The van der Waals surface area contributed by atoms with Crippen LogP contribution in [-0.2, 0) is 11.4 Å². The van der Waals surface area contributed by atoms with Crippen molar-refractivity contribution in [3.8, 4) is 5.75 Å². The van der Waals surface area contributed by atoms with Crippen LogP contribution >= 0.6 is 0 Å². The van der Waals surface area contributed by atoms with Gasteiger partial charge in [0.1, 0.15) is 23.7 Å². The number of ether oxygens (including phenoxy) is 1. The molecule has 144 valence electrons. The first-order valence-corrected chi connectivity index (χ1v) is 9.37. The zero-order chi connectivity index (χ0) is 19.5. The number of hydrogen-bond donors (Lipinski definition) is 2. The number of carbonyl (C=O) groups is 2. The number of hydrogen-bond acceptors (Lipinski definition) is 4. The van der Waals surface area contributed by atoms with Gasteiger partial charge in [-0.05, 0) is 37.1 Å². The summed E-state index contributed by atoms with van der Waals surface area (Å²) in [6.07, 6.45) is 1.02. The van der Waals surface area contributed by atoms with Crippen LogP contribution in [0, 0.1) is 6.92 Å². The average Bonchev–Trinajstić information content (AvgIpc) is 3.02. The van der Waals surface area contributed by atoms with Crippen LogP contribution < -0.4 is 15.4 Å². The third kappa shape index (κ3) is 3.86. The number of fused-ring (bicyclic) bond motifs is 1. The van der Waals surface area contributed by atoms with Gasteiger partial charge in [0.15, 0.2) is 0 Å². The highest BCUT2D eigenvalue weighted by Crippen LogP contribution is 2.29. The Morgan fingerprint density at radius 3 is 2.86 bits per heavy atom. The molecule has 0 saturated carbocycles. The maximum absolute atomic E-state index is 12.9. The smallest absolute Gasteiger partial charge is 0.255 e. The van der Waals surface area contributed by atoms with E-state index in [1.807, 2.05) is 48.5 Å². The second-order valence-corrected chi connectivity index (χ2v) is 6.98. The fourth-order valence-corrected chi connectivity index (χ4v) is 3.48. The van der Waals surface area contributed by atoms with E-state index in [-0.39, 0.29) is 17.9 Å². The van der Waals surface area contributed by atoms with Crippen LogP contribution in [0.5, 0.6) is 5.75 Å². The molecule has 1 aliphatic rings. The maximum atomic E-state index is 12.9. The zero-order valence-electron chi connectivity index (χ0n) is 15.7. The van der Waals surface area contributed by atoms with E-state index in [2.05, 4.69) is 10.6 Å². The maximum Gasteiger partial charge on any atom is 0.255 e. The van der Waals surface area contributed by atoms with Crippen molar-refractivity contribution in [1.82, 2.24) is 10.6 Å². The summed E-state index contributed by atoms with van der Waals surface area (Å²) in [5, 5.41) is 6.44.